The van der Waals surface area contributed by atoms with Crippen LogP contribution in [0.15, 0.2) is 36.7 Å². The molecule has 1 aliphatic heterocycles. The topological polar surface area (TPSA) is 55.3 Å². The normalized spacial score (nSPS) is 17.4. The van der Waals surface area contributed by atoms with E-state index in [1.165, 1.54) is 18.0 Å². The Bertz CT molecular complexity index is 732. The third-order valence-corrected chi connectivity index (χ3v) is 4.80. The Morgan fingerprint density at radius 1 is 1.27 bits per heavy atom. The summed E-state index contributed by atoms with van der Waals surface area (Å²) in [4.78, 5) is 22.7. The molecule has 1 saturated heterocycles. The molecule has 138 valence electrons. The lowest BCUT2D eigenvalue weighted by Crippen LogP contribution is -2.45. The Balaban J connectivity index is 1.56. The molecule has 0 spiro atoms. The van der Waals surface area contributed by atoms with Gasteiger partial charge in [-0.05, 0) is 29.9 Å². The first-order valence-electron chi connectivity index (χ1n) is 9.02. The molecule has 6 heteroatoms. The molecule has 1 aromatic heterocycles. The lowest BCUT2D eigenvalue weighted by atomic mass is 10.0. The number of piperidine rings is 1. The van der Waals surface area contributed by atoms with Crippen LogP contribution < -0.4 is 4.74 Å². The fourth-order valence-electron chi connectivity index (χ4n) is 3.08. The van der Waals surface area contributed by atoms with Crippen LogP contribution in [0.25, 0.3) is 0 Å². The minimum atomic E-state index is -0.0859. The standard InChI is InChI=1S/C20H24ClN3O2/c1-14(2)16-7-5-15(6-8-16)10-19(25)24-9-3-4-18(13-24)26-20-22-11-17(21)12-23-20/h5-8,11-12,14,18H,3-4,9-10,13H2,1-2H3. The zero-order valence-corrected chi connectivity index (χ0v) is 15.9. The predicted molar refractivity (Wildman–Crippen MR) is 102 cm³/mol. The second-order valence-electron chi connectivity index (χ2n) is 6.98. The van der Waals surface area contributed by atoms with E-state index in [0.717, 1.165) is 24.9 Å². The number of halogens is 1. The van der Waals surface area contributed by atoms with Crippen LogP contribution in [0.1, 0.15) is 43.7 Å². The summed E-state index contributed by atoms with van der Waals surface area (Å²) in [5.74, 6) is 0.627. The van der Waals surface area contributed by atoms with E-state index >= 15 is 0 Å². The second-order valence-corrected chi connectivity index (χ2v) is 7.42. The molecule has 1 atom stereocenters. The van der Waals surface area contributed by atoms with Crippen LogP contribution in [-0.4, -0.2) is 40.0 Å². The average Bonchev–Trinajstić information content (AvgIpc) is 2.64. The molecular weight excluding hydrogens is 350 g/mol. The summed E-state index contributed by atoms with van der Waals surface area (Å²) in [6, 6.07) is 8.61. The highest BCUT2D eigenvalue weighted by Crippen LogP contribution is 2.18. The highest BCUT2D eigenvalue weighted by Gasteiger charge is 2.25. The molecule has 5 nitrogen and oxygen atoms in total. The molecule has 0 bridgehead atoms. The van der Waals surface area contributed by atoms with Crippen molar-refractivity contribution in [2.24, 2.45) is 0 Å². The van der Waals surface area contributed by atoms with Gasteiger partial charge in [0.2, 0.25) is 5.91 Å². The van der Waals surface area contributed by atoms with Gasteiger partial charge < -0.3 is 9.64 Å². The Labute approximate surface area is 159 Å². The molecule has 1 fully saturated rings. The number of aromatic nitrogens is 2. The van der Waals surface area contributed by atoms with Crippen molar-refractivity contribution < 1.29 is 9.53 Å². The van der Waals surface area contributed by atoms with Crippen molar-refractivity contribution in [3.05, 3.63) is 52.8 Å². The number of carbonyl (C=O) groups is 1. The maximum Gasteiger partial charge on any atom is 0.316 e. The van der Waals surface area contributed by atoms with E-state index in [9.17, 15) is 4.79 Å². The monoisotopic (exact) mass is 373 g/mol. The minimum Gasteiger partial charge on any atom is -0.458 e. The van der Waals surface area contributed by atoms with Crippen molar-refractivity contribution in [1.82, 2.24) is 14.9 Å². The van der Waals surface area contributed by atoms with Gasteiger partial charge in [0.15, 0.2) is 0 Å². The third kappa shape index (κ3) is 4.94. The summed E-state index contributed by atoms with van der Waals surface area (Å²) in [5.41, 5.74) is 2.33. The van der Waals surface area contributed by atoms with Crippen molar-refractivity contribution in [3.63, 3.8) is 0 Å². The summed E-state index contributed by atoms with van der Waals surface area (Å²) in [6.45, 7) is 5.66. The number of likely N-dealkylation sites (tertiary alicyclic amines) is 1. The van der Waals surface area contributed by atoms with E-state index < -0.39 is 0 Å². The van der Waals surface area contributed by atoms with Crippen molar-refractivity contribution in [2.45, 2.75) is 45.1 Å². The molecule has 0 aliphatic carbocycles. The summed E-state index contributed by atoms with van der Waals surface area (Å²) in [6.07, 6.45) is 5.15. The summed E-state index contributed by atoms with van der Waals surface area (Å²) in [5, 5.41) is 0.473. The van der Waals surface area contributed by atoms with Gasteiger partial charge in [0.05, 0.1) is 30.4 Å². The number of rotatable bonds is 5. The highest BCUT2D eigenvalue weighted by atomic mass is 35.5. The first kappa shape index (κ1) is 18.6. The Morgan fingerprint density at radius 3 is 2.62 bits per heavy atom. The van der Waals surface area contributed by atoms with E-state index in [1.807, 2.05) is 17.0 Å². The Kier molecular flexibility index (Phi) is 6.09. The number of benzene rings is 1. The zero-order chi connectivity index (χ0) is 18.5. The number of amides is 1. The van der Waals surface area contributed by atoms with E-state index in [2.05, 4.69) is 35.9 Å². The van der Waals surface area contributed by atoms with Crippen LogP contribution in [0.3, 0.4) is 0 Å². The molecule has 0 saturated carbocycles. The minimum absolute atomic E-state index is 0.0859. The maximum absolute atomic E-state index is 12.7. The van der Waals surface area contributed by atoms with E-state index in [1.54, 1.807) is 0 Å². The third-order valence-electron chi connectivity index (χ3n) is 4.60. The van der Waals surface area contributed by atoms with Crippen molar-refractivity contribution in [2.75, 3.05) is 13.1 Å². The second kappa shape index (κ2) is 8.49. The largest absolute Gasteiger partial charge is 0.458 e. The number of carbonyl (C=O) groups excluding carboxylic acids is 1. The van der Waals surface area contributed by atoms with Gasteiger partial charge in [-0.15, -0.1) is 0 Å². The van der Waals surface area contributed by atoms with Crippen LogP contribution in [-0.2, 0) is 11.2 Å². The van der Waals surface area contributed by atoms with Gasteiger partial charge in [-0.3, -0.25) is 4.79 Å². The summed E-state index contributed by atoms with van der Waals surface area (Å²) < 4.78 is 5.81. The number of hydrogen-bond acceptors (Lipinski definition) is 4. The molecule has 1 unspecified atom stereocenters. The molecule has 26 heavy (non-hydrogen) atoms. The SMILES string of the molecule is CC(C)c1ccc(CC(=O)N2CCCC(Oc3ncc(Cl)cn3)C2)cc1. The summed E-state index contributed by atoms with van der Waals surface area (Å²) in [7, 11) is 0. The number of hydrogen-bond donors (Lipinski definition) is 0. The molecule has 1 amide bonds. The van der Waals surface area contributed by atoms with Gasteiger partial charge in [-0.25, -0.2) is 9.97 Å². The van der Waals surface area contributed by atoms with Gasteiger partial charge in [0.1, 0.15) is 6.10 Å². The molecule has 0 radical (unpaired) electrons. The maximum atomic E-state index is 12.7. The van der Waals surface area contributed by atoms with Crippen molar-refractivity contribution in [3.8, 4) is 6.01 Å². The van der Waals surface area contributed by atoms with Crippen LogP contribution in [0.4, 0.5) is 0 Å². The fraction of sp³-hybridized carbons (Fsp3) is 0.450. The van der Waals surface area contributed by atoms with Gasteiger partial charge >= 0.3 is 6.01 Å². The van der Waals surface area contributed by atoms with Gasteiger partial charge in [-0.1, -0.05) is 49.7 Å². The van der Waals surface area contributed by atoms with Crippen molar-refractivity contribution >= 4 is 17.5 Å². The first-order chi connectivity index (χ1) is 12.5. The fourth-order valence-corrected chi connectivity index (χ4v) is 3.18. The first-order valence-corrected chi connectivity index (χ1v) is 9.40. The molecule has 2 aromatic rings. The lowest BCUT2D eigenvalue weighted by Gasteiger charge is -2.32. The number of ether oxygens (including phenoxy) is 1. The Hall–Kier alpha value is -2.14. The van der Waals surface area contributed by atoms with Crippen LogP contribution in [0.5, 0.6) is 6.01 Å². The summed E-state index contributed by atoms with van der Waals surface area (Å²) >= 11 is 5.79. The molecule has 0 N–H and O–H groups in total. The van der Waals surface area contributed by atoms with Crippen molar-refractivity contribution in [1.29, 1.82) is 0 Å². The predicted octanol–water partition coefficient (Wildman–Crippen LogP) is 3.87. The van der Waals surface area contributed by atoms with E-state index in [-0.39, 0.29) is 12.0 Å². The molecule has 2 heterocycles. The smallest absolute Gasteiger partial charge is 0.316 e. The van der Waals surface area contributed by atoms with Crippen LogP contribution >= 0.6 is 11.6 Å². The molecule has 1 aliphatic rings. The average molecular weight is 374 g/mol. The lowest BCUT2D eigenvalue weighted by molar-refractivity contribution is -0.133. The van der Waals surface area contributed by atoms with Crippen LogP contribution in [0, 0.1) is 0 Å². The van der Waals surface area contributed by atoms with Gasteiger partial charge in [0, 0.05) is 6.54 Å². The van der Waals surface area contributed by atoms with E-state index in [4.69, 9.17) is 16.3 Å². The highest BCUT2D eigenvalue weighted by molar-refractivity contribution is 6.30. The van der Waals surface area contributed by atoms with Gasteiger partial charge in [-0.2, -0.15) is 0 Å². The molecular formula is C20H24ClN3O2. The Morgan fingerprint density at radius 2 is 1.96 bits per heavy atom. The van der Waals surface area contributed by atoms with Gasteiger partial charge in [0.25, 0.3) is 0 Å². The van der Waals surface area contributed by atoms with E-state index in [0.29, 0.717) is 29.9 Å². The zero-order valence-electron chi connectivity index (χ0n) is 15.2. The van der Waals surface area contributed by atoms with Crippen LogP contribution in [0.2, 0.25) is 5.02 Å². The molecule has 1 aromatic carbocycles. The quantitative estimate of drug-likeness (QED) is 0.798. The number of nitrogens with zero attached hydrogens (tertiary/aromatic N) is 3. The molecule has 3 rings (SSSR count).